The predicted octanol–water partition coefficient (Wildman–Crippen LogP) is 4.93. The lowest BCUT2D eigenvalue weighted by molar-refractivity contribution is 0.0704. The lowest BCUT2D eigenvalue weighted by Gasteiger charge is -2.38. The third-order valence-electron chi connectivity index (χ3n) is 3.37. The second-order valence-corrected chi connectivity index (χ2v) is 6.86. The summed E-state index contributed by atoms with van der Waals surface area (Å²) in [5.41, 5.74) is 0.430. The zero-order chi connectivity index (χ0) is 12.3. The molecule has 2 heteroatoms. The van der Waals surface area contributed by atoms with Crippen molar-refractivity contribution in [2.45, 2.75) is 51.0 Å². The molecule has 2 rings (SSSR count). The number of rotatable bonds is 3. The molecule has 0 bridgehead atoms. The SMILES string of the molecule is C[C@H]1C[C@H](OSc2ccccc2)CC(C)(C)C1. The molecule has 17 heavy (non-hydrogen) atoms. The molecule has 1 aromatic rings. The van der Waals surface area contributed by atoms with E-state index in [9.17, 15) is 0 Å². The molecule has 1 nitrogen and oxygen atoms in total. The van der Waals surface area contributed by atoms with E-state index in [2.05, 4.69) is 45.0 Å². The summed E-state index contributed by atoms with van der Waals surface area (Å²) in [6, 6.07) is 10.3. The topological polar surface area (TPSA) is 9.23 Å². The molecular weight excluding hydrogens is 228 g/mol. The van der Waals surface area contributed by atoms with Gasteiger partial charge in [-0.05, 0) is 42.7 Å². The van der Waals surface area contributed by atoms with Gasteiger partial charge in [0.15, 0.2) is 0 Å². The molecule has 1 aliphatic carbocycles. The summed E-state index contributed by atoms with van der Waals surface area (Å²) in [6.07, 6.45) is 4.10. The van der Waals surface area contributed by atoms with Crippen LogP contribution < -0.4 is 0 Å². The molecule has 0 spiro atoms. The smallest absolute Gasteiger partial charge is 0.0734 e. The largest absolute Gasteiger partial charge is 0.307 e. The first-order valence-electron chi connectivity index (χ1n) is 6.43. The summed E-state index contributed by atoms with van der Waals surface area (Å²) in [6.45, 7) is 7.04. The quantitative estimate of drug-likeness (QED) is 0.704. The van der Waals surface area contributed by atoms with E-state index in [0.29, 0.717) is 11.5 Å². The van der Waals surface area contributed by atoms with Crippen LogP contribution in [0.15, 0.2) is 35.2 Å². The van der Waals surface area contributed by atoms with Crippen molar-refractivity contribution in [1.29, 1.82) is 0 Å². The normalized spacial score (nSPS) is 27.9. The van der Waals surface area contributed by atoms with E-state index in [4.69, 9.17) is 4.18 Å². The van der Waals surface area contributed by atoms with Crippen molar-refractivity contribution in [3.05, 3.63) is 30.3 Å². The Balaban J connectivity index is 1.87. The first-order chi connectivity index (χ1) is 8.05. The van der Waals surface area contributed by atoms with Crippen LogP contribution in [0.1, 0.15) is 40.0 Å². The molecule has 0 unspecified atom stereocenters. The van der Waals surface area contributed by atoms with Crippen LogP contribution in [0.5, 0.6) is 0 Å². The Kier molecular flexibility index (Phi) is 4.16. The van der Waals surface area contributed by atoms with Gasteiger partial charge < -0.3 is 4.18 Å². The highest BCUT2D eigenvalue weighted by atomic mass is 32.2. The molecule has 1 aromatic carbocycles. The van der Waals surface area contributed by atoms with Gasteiger partial charge in [0, 0.05) is 16.9 Å². The van der Waals surface area contributed by atoms with Crippen LogP contribution in [-0.2, 0) is 4.18 Å². The molecule has 1 aliphatic rings. The first kappa shape index (κ1) is 13.0. The Labute approximate surface area is 109 Å². The van der Waals surface area contributed by atoms with Crippen LogP contribution in [0.25, 0.3) is 0 Å². The molecule has 1 fully saturated rings. The van der Waals surface area contributed by atoms with Crippen LogP contribution >= 0.6 is 12.0 Å². The Hall–Kier alpha value is -0.470. The molecule has 0 saturated heterocycles. The molecule has 0 aliphatic heterocycles. The van der Waals surface area contributed by atoms with Gasteiger partial charge in [0.2, 0.25) is 0 Å². The van der Waals surface area contributed by atoms with Crippen LogP contribution in [0, 0.1) is 11.3 Å². The Morgan fingerprint density at radius 2 is 1.88 bits per heavy atom. The van der Waals surface area contributed by atoms with Crippen LogP contribution in [0.3, 0.4) is 0 Å². The van der Waals surface area contributed by atoms with Gasteiger partial charge in [0.05, 0.1) is 6.10 Å². The highest BCUT2D eigenvalue weighted by molar-refractivity contribution is 7.94. The Morgan fingerprint density at radius 1 is 1.18 bits per heavy atom. The molecule has 2 atom stereocenters. The maximum absolute atomic E-state index is 5.99. The second-order valence-electron chi connectivity index (χ2n) is 6.03. The van der Waals surface area contributed by atoms with Gasteiger partial charge >= 0.3 is 0 Å². The van der Waals surface area contributed by atoms with Gasteiger partial charge in [0.25, 0.3) is 0 Å². The minimum atomic E-state index is 0.402. The second kappa shape index (κ2) is 5.45. The lowest BCUT2D eigenvalue weighted by Crippen LogP contribution is -2.31. The molecule has 94 valence electrons. The summed E-state index contributed by atoms with van der Waals surface area (Å²) in [7, 11) is 0. The summed E-state index contributed by atoms with van der Waals surface area (Å²) >= 11 is 1.53. The maximum atomic E-state index is 5.99. The van der Waals surface area contributed by atoms with Gasteiger partial charge in [-0.1, -0.05) is 39.0 Å². The zero-order valence-corrected chi connectivity index (χ0v) is 11.8. The maximum Gasteiger partial charge on any atom is 0.0734 e. The van der Waals surface area contributed by atoms with Gasteiger partial charge in [0.1, 0.15) is 0 Å². The monoisotopic (exact) mass is 250 g/mol. The molecule has 0 N–H and O–H groups in total. The zero-order valence-electron chi connectivity index (χ0n) is 11.0. The van der Waals surface area contributed by atoms with E-state index >= 15 is 0 Å². The van der Waals surface area contributed by atoms with Gasteiger partial charge in [-0.3, -0.25) is 0 Å². The standard InChI is InChI=1S/C15H22OS/c1-12-9-13(11-15(2,3)10-12)16-17-14-7-5-4-6-8-14/h4-8,12-13H,9-11H2,1-3H3/t12-,13-/m0/s1. The highest BCUT2D eigenvalue weighted by Gasteiger charge is 2.32. The van der Waals surface area contributed by atoms with Crippen LogP contribution in [0.4, 0.5) is 0 Å². The average Bonchev–Trinajstić information content (AvgIpc) is 2.25. The van der Waals surface area contributed by atoms with Crippen molar-refractivity contribution < 1.29 is 4.18 Å². The minimum Gasteiger partial charge on any atom is -0.307 e. The van der Waals surface area contributed by atoms with Crippen LogP contribution in [-0.4, -0.2) is 6.10 Å². The third-order valence-corrected chi connectivity index (χ3v) is 4.20. The van der Waals surface area contributed by atoms with Crippen molar-refractivity contribution in [2.75, 3.05) is 0 Å². The summed E-state index contributed by atoms with van der Waals surface area (Å²) in [5, 5.41) is 0. The summed E-state index contributed by atoms with van der Waals surface area (Å²) in [4.78, 5) is 1.20. The number of benzene rings is 1. The molecule has 0 amide bonds. The Morgan fingerprint density at radius 3 is 2.53 bits per heavy atom. The third kappa shape index (κ3) is 4.04. The van der Waals surface area contributed by atoms with Crippen molar-refractivity contribution >= 4 is 12.0 Å². The average molecular weight is 250 g/mol. The Bertz CT molecular complexity index is 347. The lowest BCUT2D eigenvalue weighted by atomic mass is 9.72. The fourth-order valence-corrected chi connectivity index (χ4v) is 3.59. The molecule has 0 heterocycles. The fourth-order valence-electron chi connectivity index (χ4n) is 2.93. The van der Waals surface area contributed by atoms with Crippen molar-refractivity contribution in [1.82, 2.24) is 0 Å². The highest BCUT2D eigenvalue weighted by Crippen LogP contribution is 2.41. The molecule has 0 radical (unpaired) electrons. The first-order valence-corrected chi connectivity index (χ1v) is 7.18. The molecule has 1 saturated carbocycles. The minimum absolute atomic E-state index is 0.402. The van der Waals surface area contributed by atoms with Gasteiger partial charge in [-0.15, -0.1) is 0 Å². The van der Waals surface area contributed by atoms with Crippen molar-refractivity contribution in [3.8, 4) is 0 Å². The van der Waals surface area contributed by atoms with Crippen molar-refractivity contribution in [3.63, 3.8) is 0 Å². The van der Waals surface area contributed by atoms with E-state index < -0.39 is 0 Å². The van der Waals surface area contributed by atoms with Crippen molar-refractivity contribution in [2.24, 2.45) is 11.3 Å². The van der Waals surface area contributed by atoms with E-state index in [0.717, 1.165) is 5.92 Å². The number of hydrogen-bond acceptors (Lipinski definition) is 2. The number of hydrogen-bond donors (Lipinski definition) is 0. The van der Waals surface area contributed by atoms with E-state index in [-0.39, 0.29) is 0 Å². The van der Waals surface area contributed by atoms with E-state index in [1.165, 1.54) is 36.2 Å². The predicted molar refractivity (Wildman–Crippen MR) is 74.0 cm³/mol. The van der Waals surface area contributed by atoms with Crippen LogP contribution in [0.2, 0.25) is 0 Å². The van der Waals surface area contributed by atoms with Gasteiger partial charge in [-0.2, -0.15) is 0 Å². The summed E-state index contributed by atoms with van der Waals surface area (Å²) < 4.78 is 5.99. The van der Waals surface area contributed by atoms with E-state index in [1.54, 1.807) is 0 Å². The van der Waals surface area contributed by atoms with Gasteiger partial charge in [-0.25, -0.2) is 0 Å². The summed E-state index contributed by atoms with van der Waals surface area (Å²) in [5.74, 6) is 0.778. The van der Waals surface area contributed by atoms with E-state index in [1.807, 2.05) is 6.07 Å². The molecule has 0 aromatic heterocycles. The fraction of sp³-hybridized carbons (Fsp3) is 0.600. The molecular formula is C15H22OS.